The number of nitrogens with one attached hydrogen (secondary N) is 1. The van der Waals surface area contributed by atoms with Crippen LogP contribution in [0.5, 0.6) is 0 Å². The number of aromatic nitrogens is 1. The first-order valence-corrected chi connectivity index (χ1v) is 7.17. The van der Waals surface area contributed by atoms with Gasteiger partial charge in [0.15, 0.2) is 0 Å². The number of hydrogen-bond acceptors (Lipinski definition) is 5. The average Bonchev–Trinajstić information content (AvgIpc) is 2.67. The van der Waals surface area contributed by atoms with Gasteiger partial charge in [0.25, 0.3) is 0 Å². The van der Waals surface area contributed by atoms with Crippen LogP contribution in [0.1, 0.15) is 31.5 Å². The number of aryl methyl sites for hydroxylation is 1. The summed E-state index contributed by atoms with van der Waals surface area (Å²) in [5.41, 5.74) is 0.474. The van der Waals surface area contributed by atoms with Gasteiger partial charge < -0.3 is 15.2 Å². The molecule has 0 saturated carbocycles. The summed E-state index contributed by atoms with van der Waals surface area (Å²) in [6.07, 6.45) is 0.200. The van der Waals surface area contributed by atoms with E-state index < -0.39 is 11.7 Å². The van der Waals surface area contributed by atoms with Crippen LogP contribution in [0.15, 0.2) is 5.38 Å². The Hall–Kier alpha value is -1.14. The molecule has 1 rings (SSSR count). The summed E-state index contributed by atoms with van der Waals surface area (Å²) in [6.45, 7) is 7.77. The minimum atomic E-state index is -0.509. The standard InChI is InChI=1S/C13H22N2O3S/c1-9-8-19-11(15-9)5-10(7-16)6-14-12(17)18-13(2,3)4/h8,10,16H,5-7H2,1-4H3,(H,14,17). The molecule has 1 unspecified atom stereocenters. The smallest absolute Gasteiger partial charge is 0.407 e. The van der Waals surface area contributed by atoms with E-state index in [9.17, 15) is 9.90 Å². The van der Waals surface area contributed by atoms with Crippen molar-refractivity contribution >= 4 is 17.4 Å². The zero-order chi connectivity index (χ0) is 14.5. The molecule has 2 N–H and O–H groups in total. The number of carbonyl (C=O) groups excluding carboxylic acids is 1. The Labute approximate surface area is 118 Å². The number of thiazole rings is 1. The lowest BCUT2D eigenvalue weighted by molar-refractivity contribution is 0.0512. The molecular weight excluding hydrogens is 264 g/mol. The summed E-state index contributed by atoms with van der Waals surface area (Å²) in [6, 6.07) is 0. The number of nitrogens with zero attached hydrogens (tertiary/aromatic N) is 1. The predicted molar refractivity (Wildman–Crippen MR) is 75.4 cm³/mol. The maximum absolute atomic E-state index is 11.5. The van der Waals surface area contributed by atoms with Crippen LogP contribution < -0.4 is 5.32 Å². The van der Waals surface area contributed by atoms with Crippen molar-refractivity contribution in [3.63, 3.8) is 0 Å². The third-order valence-corrected chi connectivity index (χ3v) is 3.31. The van der Waals surface area contributed by atoms with Crippen molar-refractivity contribution in [3.8, 4) is 0 Å². The summed E-state index contributed by atoms with van der Waals surface area (Å²) in [5.74, 6) is -0.0435. The number of aliphatic hydroxyl groups excluding tert-OH is 1. The van der Waals surface area contributed by atoms with Gasteiger partial charge in [0.05, 0.1) is 5.01 Å². The molecule has 0 saturated heterocycles. The fraction of sp³-hybridized carbons (Fsp3) is 0.692. The monoisotopic (exact) mass is 286 g/mol. The minimum Gasteiger partial charge on any atom is -0.444 e. The summed E-state index contributed by atoms with van der Waals surface area (Å²) in [7, 11) is 0. The van der Waals surface area contributed by atoms with E-state index in [-0.39, 0.29) is 12.5 Å². The van der Waals surface area contributed by atoms with Crippen LogP contribution in [0, 0.1) is 12.8 Å². The largest absolute Gasteiger partial charge is 0.444 e. The molecule has 5 nitrogen and oxygen atoms in total. The van der Waals surface area contributed by atoms with E-state index in [4.69, 9.17) is 4.74 Å². The highest BCUT2D eigenvalue weighted by atomic mass is 32.1. The Morgan fingerprint density at radius 2 is 2.26 bits per heavy atom. The second-order valence-corrected chi connectivity index (χ2v) is 6.46. The van der Waals surface area contributed by atoms with Crippen LogP contribution >= 0.6 is 11.3 Å². The molecule has 1 heterocycles. The summed E-state index contributed by atoms with van der Waals surface area (Å²) in [5, 5.41) is 14.9. The number of ether oxygens (including phenoxy) is 1. The second-order valence-electron chi connectivity index (χ2n) is 5.52. The second kappa shape index (κ2) is 6.86. The topological polar surface area (TPSA) is 71.5 Å². The number of hydrogen-bond donors (Lipinski definition) is 2. The lowest BCUT2D eigenvalue weighted by atomic mass is 10.1. The van der Waals surface area contributed by atoms with Crippen molar-refractivity contribution in [2.45, 2.75) is 39.7 Å². The van der Waals surface area contributed by atoms with Crippen molar-refractivity contribution < 1.29 is 14.6 Å². The van der Waals surface area contributed by atoms with Gasteiger partial charge in [0.1, 0.15) is 5.60 Å². The molecule has 0 bridgehead atoms. The first kappa shape index (κ1) is 15.9. The first-order valence-electron chi connectivity index (χ1n) is 6.29. The Morgan fingerprint density at radius 1 is 1.58 bits per heavy atom. The Kier molecular flexibility index (Phi) is 5.75. The fourth-order valence-electron chi connectivity index (χ4n) is 1.49. The average molecular weight is 286 g/mol. The van der Waals surface area contributed by atoms with Crippen molar-refractivity contribution in [1.82, 2.24) is 10.3 Å². The predicted octanol–water partition coefficient (Wildman–Crippen LogP) is 2.13. The molecular formula is C13H22N2O3S. The van der Waals surface area contributed by atoms with Gasteiger partial charge in [-0.05, 0) is 27.7 Å². The number of alkyl carbamates (subject to hydrolysis) is 1. The molecule has 1 atom stereocenters. The maximum Gasteiger partial charge on any atom is 0.407 e. The lowest BCUT2D eigenvalue weighted by Gasteiger charge is -2.21. The van der Waals surface area contributed by atoms with Gasteiger partial charge in [0, 0.05) is 36.6 Å². The zero-order valence-electron chi connectivity index (χ0n) is 11.9. The van der Waals surface area contributed by atoms with E-state index in [1.54, 1.807) is 11.3 Å². The lowest BCUT2D eigenvalue weighted by Crippen LogP contribution is -2.36. The molecule has 1 aromatic rings. The summed E-state index contributed by atoms with van der Waals surface area (Å²) in [4.78, 5) is 15.9. The quantitative estimate of drug-likeness (QED) is 0.870. The number of rotatable bonds is 5. The minimum absolute atomic E-state index is 0.00836. The summed E-state index contributed by atoms with van der Waals surface area (Å²) >= 11 is 1.57. The highest BCUT2D eigenvalue weighted by molar-refractivity contribution is 7.09. The van der Waals surface area contributed by atoms with Crippen LogP contribution in [-0.4, -0.2) is 34.9 Å². The number of amides is 1. The van der Waals surface area contributed by atoms with Crippen molar-refractivity contribution in [2.75, 3.05) is 13.2 Å². The van der Waals surface area contributed by atoms with Crippen LogP contribution in [0.4, 0.5) is 4.79 Å². The van der Waals surface area contributed by atoms with E-state index in [0.29, 0.717) is 13.0 Å². The molecule has 0 aliphatic heterocycles. The molecule has 0 aromatic carbocycles. The van der Waals surface area contributed by atoms with Gasteiger partial charge in [-0.25, -0.2) is 9.78 Å². The molecule has 0 aliphatic carbocycles. The van der Waals surface area contributed by atoms with Gasteiger partial charge in [-0.3, -0.25) is 0 Å². The SMILES string of the molecule is Cc1csc(CC(CO)CNC(=O)OC(C)(C)C)n1. The molecule has 0 fully saturated rings. The van der Waals surface area contributed by atoms with E-state index in [0.717, 1.165) is 10.7 Å². The normalized spacial score (nSPS) is 13.1. The van der Waals surface area contributed by atoms with Crippen molar-refractivity contribution in [2.24, 2.45) is 5.92 Å². The van der Waals surface area contributed by atoms with E-state index in [1.165, 1.54) is 0 Å². The van der Waals surface area contributed by atoms with Gasteiger partial charge >= 0.3 is 6.09 Å². The molecule has 1 aromatic heterocycles. The van der Waals surface area contributed by atoms with Crippen LogP contribution in [-0.2, 0) is 11.2 Å². The molecule has 19 heavy (non-hydrogen) atoms. The molecule has 0 radical (unpaired) electrons. The molecule has 108 valence electrons. The zero-order valence-corrected chi connectivity index (χ0v) is 12.7. The third kappa shape index (κ3) is 6.54. The Morgan fingerprint density at radius 3 is 2.74 bits per heavy atom. The summed E-state index contributed by atoms with van der Waals surface area (Å²) < 4.78 is 5.14. The highest BCUT2D eigenvalue weighted by Crippen LogP contribution is 2.14. The Bertz CT molecular complexity index is 412. The molecule has 1 amide bonds. The maximum atomic E-state index is 11.5. The van der Waals surface area contributed by atoms with Gasteiger partial charge in [-0.2, -0.15) is 0 Å². The number of carbonyl (C=O) groups is 1. The van der Waals surface area contributed by atoms with Crippen LogP contribution in [0.25, 0.3) is 0 Å². The van der Waals surface area contributed by atoms with E-state index in [2.05, 4.69) is 10.3 Å². The van der Waals surface area contributed by atoms with Crippen molar-refractivity contribution in [1.29, 1.82) is 0 Å². The van der Waals surface area contributed by atoms with Crippen molar-refractivity contribution in [3.05, 3.63) is 16.1 Å². The van der Waals surface area contributed by atoms with Crippen LogP contribution in [0.3, 0.4) is 0 Å². The first-order chi connectivity index (χ1) is 8.80. The van der Waals surface area contributed by atoms with E-state index >= 15 is 0 Å². The van der Waals surface area contributed by atoms with E-state index in [1.807, 2.05) is 33.1 Å². The van der Waals surface area contributed by atoms with Gasteiger partial charge in [-0.1, -0.05) is 0 Å². The Balaban J connectivity index is 2.38. The highest BCUT2D eigenvalue weighted by Gasteiger charge is 2.18. The molecule has 0 aliphatic rings. The molecule has 0 spiro atoms. The third-order valence-electron chi connectivity index (χ3n) is 2.32. The van der Waals surface area contributed by atoms with Crippen LogP contribution in [0.2, 0.25) is 0 Å². The van der Waals surface area contributed by atoms with Gasteiger partial charge in [-0.15, -0.1) is 11.3 Å². The fourth-order valence-corrected chi connectivity index (χ4v) is 2.37. The molecule has 6 heteroatoms. The van der Waals surface area contributed by atoms with Gasteiger partial charge in [0.2, 0.25) is 0 Å². The number of aliphatic hydroxyl groups is 1.